The summed E-state index contributed by atoms with van der Waals surface area (Å²) in [6.45, 7) is 1.68. The van der Waals surface area contributed by atoms with Crippen molar-refractivity contribution in [2.75, 3.05) is 32.4 Å². The quantitative estimate of drug-likeness (QED) is 0.888. The Labute approximate surface area is 126 Å². The van der Waals surface area contributed by atoms with E-state index in [1.165, 1.54) is 11.3 Å². The van der Waals surface area contributed by atoms with Crippen molar-refractivity contribution >= 4 is 28.5 Å². The highest BCUT2D eigenvalue weighted by Crippen LogP contribution is 2.32. The lowest BCUT2D eigenvalue weighted by Gasteiger charge is -2.21. The number of nitrogens with two attached hydrogens (primary N) is 1. The molecule has 2 aliphatic rings. The maximum Gasteiger partial charge on any atom is 0.410 e. The predicted octanol–water partition coefficient (Wildman–Crippen LogP) is 0.711. The molecular weight excluding hydrogens is 292 g/mol. The highest BCUT2D eigenvalue weighted by Gasteiger charge is 2.49. The third-order valence-electron chi connectivity index (χ3n) is 3.97. The third-order valence-corrected chi connectivity index (χ3v) is 4.70. The van der Waals surface area contributed by atoms with Crippen molar-refractivity contribution in [3.63, 3.8) is 0 Å². The van der Waals surface area contributed by atoms with E-state index in [2.05, 4.69) is 4.98 Å². The molecule has 0 bridgehead atoms. The number of carbonyl (C=O) groups is 2. The van der Waals surface area contributed by atoms with Crippen LogP contribution in [0.1, 0.15) is 18.5 Å². The number of ether oxygens (including phenoxy) is 1. The van der Waals surface area contributed by atoms with E-state index in [1.54, 1.807) is 16.8 Å². The number of rotatable bonds is 3. The van der Waals surface area contributed by atoms with E-state index < -0.39 is 5.60 Å². The minimum atomic E-state index is -0.507. The van der Waals surface area contributed by atoms with Crippen molar-refractivity contribution in [2.24, 2.45) is 0 Å². The van der Waals surface area contributed by atoms with Gasteiger partial charge in [-0.25, -0.2) is 9.78 Å². The van der Waals surface area contributed by atoms with Crippen molar-refractivity contribution in [2.45, 2.75) is 24.9 Å². The van der Waals surface area contributed by atoms with Gasteiger partial charge in [0.25, 0.3) is 0 Å². The molecule has 0 aromatic carbocycles. The van der Waals surface area contributed by atoms with Crippen molar-refractivity contribution < 1.29 is 14.3 Å². The zero-order valence-corrected chi connectivity index (χ0v) is 12.7. The maximum absolute atomic E-state index is 12.2. The monoisotopic (exact) mass is 310 g/mol. The van der Waals surface area contributed by atoms with Gasteiger partial charge in [0.1, 0.15) is 0 Å². The maximum atomic E-state index is 12.2. The molecule has 8 heteroatoms. The summed E-state index contributed by atoms with van der Waals surface area (Å²) in [6, 6.07) is 0. The fourth-order valence-corrected chi connectivity index (χ4v) is 3.49. The topological polar surface area (TPSA) is 88.8 Å². The lowest BCUT2D eigenvalue weighted by molar-refractivity contribution is -0.130. The van der Waals surface area contributed by atoms with Crippen molar-refractivity contribution in [1.29, 1.82) is 0 Å². The number of nitrogen functional groups attached to an aromatic ring is 1. The first kappa shape index (κ1) is 14.1. The Bertz CT molecular complexity index is 576. The minimum Gasteiger partial charge on any atom is -0.439 e. The minimum absolute atomic E-state index is 0.0732. The lowest BCUT2D eigenvalue weighted by atomic mass is 10.0. The third kappa shape index (κ3) is 2.80. The molecule has 0 saturated carbocycles. The van der Waals surface area contributed by atoms with E-state index in [1.807, 2.05) is 5.38 Å². The zero-order chi connectivity index (χ0) is 15.0. The number of likely N-dealkylation sites (tertiary alicyclic amines) is 1. The first-order valence-electron chi connectivity index (χ1n) is 6.89. The molecule has 2 amide bonds. The molecule has 3 rings (SSSR count). The summed E-state index contributed by atoms with van der Waals surface area (Å²) in [5, 5.41) is 2.40. The second-order valence-corrected chi connectivity index (χ2v) is 6.54. The molecule has 1 spiro atoms. The highest BCUT2D eigenvalue weighted by molar-refractivity contribution is 7.13. The summed E-state index contributed by atoms with van der Waals surface area (Å²) in [5.74, 6) is 0.0732. The predicted molar refractivity (Wildman–Crippen MR) is 77.9 cm³/mol. The van der Waals surface area contributed by atoms with E-state index in [0.717, 1.165) is 5.69 Å². The number of aromatic nitrogens is 1. The number of hydrogen-bond acceptors (Lipinski definition) is 6. The largest absolute Gasteiger partial charge is 0.439 e. The van der Waals surface area contributed by atoms with Gasteiger partial charge in [0, 0.05) is 31.8 Å². The summed E-state index contributed by atoms with van der Waals surface area (Å²) in [7, 11) is 1.72. The standard InChI is InChI=1S/C13H18N4O3S/c1-16-7-13(20-12(16)19)4-5-17(8-13)10(18)3-2-9-6-21-11(14)15-9/h6H,2-5,7-8H2,1H3,(H2,14,15)/t13-/m1/s1. The Balaban J connectivity index is 1.54. The van der Waals surface area contributed by atoms with E-state index in [-0.39, 0.29) is 12.0 Å². The van der Waals surface area contributed by atoms with Crippen LogP contribution in [0.25, 0.3) is 0 Å². The van der Waals surface area contributed by atoms with E-state index in [4.69, 9.17) is 10.5 Å². The molecule has 1 aromatic rings. The van der Waals surface area contributed by atoms with Crippen molar-refractivity contribution in [3.05, 3.63) is 11.1 Å². The second-order valence-electron chi connectivity index (χ2n) is 5.65. The Kier molecular flexibility index (Phi) is 3.48. The van der Waals surface area contributed by atoms with Crippen LogP contribution >= 0.6 is 11.3 Å². The molecule has 114 valence electrons. The van der Waals surface area contributed by atoms with Gasteiger partial charge in [-0.1, -0.05) is 0 Å². The molecule has 2 saturated heterocycles. The molecule has 1 atom stereocenters. The summed E-state index contributed by atoms with van der Waals surface area (Å²) < 4.78 is 5.43. The zero-order valence-electron chi connectivity index (χ0n) is 11.9. The summed E-state index contributed by atoms with van der Waals surface area (Å²) in [5.41, 5.74) is 5.92. The Hall–Kier alpha value is -1.83. The lowest BCUT2D eigenvalue weighted by Crippen LogP contribution is -2.39. The molecule has 0 unspecified atom stereocenters. The van der Waals surface area contributed by atoms with Gasteiger partial charge >= 0.3 is 6.09 Å². The highest BCUT2D eigenvalue weighted by atomic mass is 32.1. The Morgan fingerprint density at radius 2 is 2.38 bits per heavy atom. The average molecular weight is 310 g/mol. The number of hydrogen-bond donors (Lipinski definition) is 1. The van der Waals surface area contributed by atoms with Gasteiger partial charge < -0.3 is 20.3 Å². The fourth-order valence-electron chi connectivity index (χ4n) is 2.89. The van der Waals surface area contributed by atoms with Gasteiger partial charge in [0.2, 0.25) is 5.91 Å². The molecule has 21 heavy (non-hydrogen) atoms. The number of aryl methyl sites for hydroxylation is 1. The van der Waals surface area contributed by atoms with Gasteiger partial charge in [-0.2, -0.15) is 0 Å². The number of thiazole rings is 1. The van der Waals surface area contributed by atoms with Gasteiger partial charge in [-0.05, 0) is 6.42 Å². The van der Waals surface area contributed by atoms with Gasteiger partial charge in [-0.15, -0.1) is 11.3 Å². The number of carbonyl (C=O) groups excluding carboxylic acids is 2. The van der Waals surface area contributed by atoms with E-state index in [9.17, 15) is 9.59 Å². The molecule has 2 aliphatic heterocycles. The second kappa shape index (κ2) is 5.18. The van der Waals surface area contributed by atoms with Crippen LogP contribution in [0.15, 0.2) is 5.38 Å². The Morgan fingerprint density at radius 3 is 3.00 bits per heavy atom. The smallest absolute Gasteiger partial charge is 0.410 e. The normalized spacial score (nSPS) is 24.9. The number of anilines is 1. The average Bonchev–Trinajstić information content (AvgIpc) is 3.09. The summed E-state index contributed by atoms with van der Waals surface area (Å²) in [6.07, 6.45) is 1.40. The van der Waals surface area contributed by atoms with Gasteiger partial charge in [-0.3, -0.25) is 4.79 Å². The molecule has 7 nitrogen and oxygen atoms in total. The van der Waals surface area contributed by atoms with Crippen LogP contribution in [-0.4, -0.2) is 59.1 Å². The summed E-state index contributed by atoms with van der Waals surface area (Å²) in [4.78, 5) is 31.2. The van der Waals surface area contributed by atoms with Crippen LogP contribution in [0, 0.1) is 0 Å². The van der Waals surface area contributed by atoms with Gasteiger partial charge in [0.05, 0.1) is 18.8 Å². The SMILES string of the molecule is CN1C[C@@]2(CCN(C(=O)CCc3csc(N)n3)C2)OC1=O. The van der Waals surface area contributed by atoms with Crippen molar-refractivity contribution in [3.8, 4) is 0 Å². The van der Waals surface area contributed by atoms with E-state index in [0.29, 0.717) is 44.0 Å². The van der Waals surface area contributed by atoms with Crippen LogP contribution in [0.2, 0.25) is 0 Å². The number of likely N-dealkylation sites (N-methyl/N-ethyl adjacent to an activating group) is 1. The molecule has 3 heterocycles. The first-order chi connectivity index (χ1) is 9.97. The number of nitrogens with zero attached hydrogens (tertiary/aromatic N) is 3. The first-order valence-corrected chi connectivity index (χ1v) is 7.77. The molecule has 0 radical (unpaired) electrons. The van der Waals surface area contributed by atoms with E-state index >= 15 is 0 Å². The summed E-state index contributed by atoms with van der Waals surface area (Å²) >= 11 is 1.38. The molecule has 2 fully saturated rings. The molecular formula is C13H18N4O3S. The van der Waals surface area contributed by atoms with Crippen LogP contribution in [0.5, 0.6) is 0 Å². The van der Waals surface area contributed by atoms with Crippen LogP contribution < -0.4 is 5.73 Å². The fraction of sp³-hybridized carbons (Fsp3) is 0.615. The molecule has 1 aromatic heterocycles. The van der Waals surface area contributed by atoms with Crippen LogP contribution in [0.3, 0.4) is 0 Å². The van der Waals surface area contributed by atoms with Crippen LogP contribution in [0.4, 0.5) is 9.93 Å². The molecule has 2 N–H and O–H groups in total. The van der Waals surface area contributed by atoms with Gasteiger partial charge in [0.15, 0.2) is 10.7 Å². The van der Waals surface area contributed by atoms with Crippen LogP contribution in [-0.2, 0) is 16.0 Å². The Morgan fingerprint density at radius 1 is 1.57 bits per heavy atom. The number of amides is 2. The van der Waals surface area contributed by atoms with Crippen molar-refractivity contribution in [1.82, 2.24) is 14.8 Å². The molecule has 0 aliphatic carbocycles.